The fourth-order valence-corrected chi connectivity index (χ4v) is 2.61. The van der Waals surface area contributed by atoms with Crippen molar-refractivity contribution in [3.05, 3.63) is 29.3 Å². The molecule has 0 saturated carbocycles. The van der Waals surface area contributed by atoms with E-state index in [2.05, 4.69) is 17.9 Å². The number of hydrogen-bond donors (Lipinski definition) is 0. The Hall–Kier alpha value is -1.55. The molecule has 4 nitrogen and oxygen atoms in total. The van der Waals surface area contributed by atoms with Gasteiger partial charge in [-0.25, -0.2) is 0 Å². The Morgan fingerprint density at radius 1 is 1.42 bits per heavy atom. The summed E-state index contributed by atoms with van der Waals surface area (Å²) < 4.78 is 10.2. The van der Waals surface area contributed by atoms with Crippen LogP contribution in [-0.2, 0) is 16.1 Å². The zero-order valence-electron chi connectivity index (χ0n) is 11.8. The second-order valence-electron chi connectivity index (χ2n) is 5.06. The summed E-state index contributed by atoms with van der Waals surface area (Å²) in [6.45, 7) is 4.59. The predicted molar refractivity (Wildman–Crippen MR) is 73.1 cm³/mol. The van der Waals surface area contributed by atoms with Gasteiger partial charge in [0.2, 0.25) is 0 Å². The smallest absolute Gasteiger partial charge is 0.310 e. The number of methoxy groups -OCH3 is 2. The molecule has 1 unspecified atom stereocenters. The van der Waals surface area contributed by atoms with E-state index in [9.17, 15) is 4.79 Å². The maximum atomic E-state index is 11.5. The second-order valence-corrected chi connectivity index (χ2v) is 5.06. The molecule has 0 amide bonds. The van der Waals surface area contributed by atoms with Crippen molar-refractivity contribution >= 4 is 5.97 Å². The molecule has 1 fully saturated rings. The van der Waals surface area contributed by atoms with E-state index in [1.54, 1.807) is 7.11 Å². The SMILES string of the molecule is COC(=O)C1CCN(Cc2cc(C)ccc2OC)C1. The van der Waals surface area contributed by atoms with Crippen LogP contribution >= 0.6 is 0 Å². The highest BCUT2D eigenvalue weighted by Crippen LogP contribution is 2.25. The van der Waals surface area contributed by atoms with E-state index in [0.29, 0.717) is 0 Å². The summed E-state index contributed by atoms with van der Waals surface area (Å²) in [7, 11) is 3.14. The Bertz CT molecular complexity index is 459. The third-order valence-corrected chi connectivity index (χ3v) is 3.64. The van der Waals surface area contributed by atoms with E-state index in [4.69, 9.17) is 9.47 Å². The van der Waals surface area contributed by atoms with Crippen molar-refractivity contribution in [2.45, 2.75) is 19.9 Å². The van der Waals surface area contributed by atoms with E-state index in [1.165, 1.54) is 18.2 Å². The average Bonchev–Trinajstić information content (AvgIpc) is 2.86. The number of ether oxygens (including phenoxy) is 2. The molecule has 0 bridgehead atoms. The van der Waals surface area contributed by atoms with Crippen LogP contribution in [0.15, 0.2) is 18.2 Å². The Balaban J connectivity index is 2.03. The molecule has 0 aromatic heterocycles. The molecule has 0 spiro atoms. The van der Waals surface area contributed by atoms with Crippen LogP contribution in [-0.4, -0.2) is 38.2 Å². The lowest BCUT2D eigenvalue weighted by molar-refractivity contribution is -0.144. The molecule has 104 valence electrons. The van der Waals surface area contributed by atoms with Gasteiger partial charge in [-0.15, -0.1) is 0 Å². The van der Waals surface area contributed by atoms with Crippen LogP contribution in [0.5, 0.6) is 5.75 Å². The van der Waals surface area contributed by atoms with Crippen molar-refractivity contribution < 1.29 is 14.3 Å². The highest BCUT2D eigenvalue weighted by atomic mass is 16.5. The summed E-state index contributed by atoms with van der Waals surface area (Å²) in [4.78, 5) is 13.8. The van der Waals surface area contributed by atoms with Crippen molar-refractivity contribution in [2.24, 2.45) is 5.92 Å². The summed E-state index contributed by atoms with van der Waals surface area (Å²) in [5.74, 6) is 0.826. The Kier molecular flexibility index (Phi) is 4.43. The molecule has 1 aliphatic rings. The first-order chi connectivity index (χ1) is 9.13. The number of carbonyl (C=O) groups excluding carboxylic acids is 1. The largest absolute Gasteiger partial charge is 0.496 e. The topological polar surface area (TPSA) is 38.8 Å². The van der Waals surface area contributed by atoms with Gasteiger partial charge in [0.25, 0.3) is 0 Å². The van der Waals surface area contributed by atoms with Crippen LogP contribution in [0.3, 0.4) is 0 Å². The molecular formula is C15H21NO3. The standard InChI is InChI=1S/C15H21NO3/c1-11-4-5-14(18-2)13(8-11)10-16-7-6-12(9-16)15(17)19-3/h4-5,8,12H,6-7,9-10H2,1-3H3. The van der Waals surface area contributed by atoms with Crippen LogP contribution in [0.2, 0.25) is 0 Å². The fraction of sp³-hybridized carbons (Fsp3) is 0.533. The van der Waals surface area contributed by atoms with Gasteiger partial charge in [-0.3, -0.25) is 9.69 Å². The van der Waals surface area contributed by atoms with E-state index in [0.717, 1.165) is 31.8 Å². The van der Waals surface area contributed by atoms with Gasteiger partial charge in [-0.1, -0.05) is 17.7 Å². The quantitative estimate of drug-likeness (QED) is 0.779. The highest BCUT2D eigenvalue weighted by molar-refractivity contribution is 5.72. The van der Waals surface area contributed by atoms with Crippen molar-refractivity contribution in [2.75, 3.05) is 27.3 Å². The molecule has 1 heterocycles. The summed E-state index contributed by atoms with van der Waals surface area (Å²) in [5.41, 5.74) is 2.40. The fourth-order valence-electron chi connectivity index (χ4n) is 2.61. The van der Waals surface area contributed by atoms with Crippen LogP contribution in [0.1, 0.15) is 17.5 Å². The molecule has 0 radical (unpaired) electrons. The number of esters is 1. The van der Waals surface area contributed by atoms with Crippen LogP contribution in [0.25, 0.3) is 0 Å². The molecule has 2 rings (SSSR count). The second kappa shape index (κ2) is 6.06. The van der Waals surface area contributed by atoms with E-state index < -0.39 is 0 Å². The first-order valence-electron chi connectivity index (χ1n) is 6.57. The molecule has 1 saturated heterocycles. The van der Waals surface area contributed by atoms with E-state index in [-0.39, 0.29) is 11.9 Å². The van der Waals surface area contributed by atoms with Gasteiger partial charge in [0.1, 0.15) is 5.75 Å². The van der Waals surface area contributed by atoms with E-state index in [1.807, 2.05) is 12.1 Å². The summed E-state index contributed by atoms with van der Waals surface area (Å²) in [6.07, 6.45) is 0.876. The van der Waals surface area contributed by atoms with Gasteiger partial charge in [0, 0.05) is 18.7 Å². The lowest BCUT2D eigenvalue weighted by Crippen LogP contribution is -2.23. The lowest BCUT2D eigenvalue weighted by atomic mass is 10.1. The van der Waals surface area contributed by atoms with Gasteiger partial charge >= 0.3 is 5.97 Å². The van der Waals surface area contributed by atoms with Crippen molar-refractivity contribution in [1.29, 1.82) is 0 Å². The molecule has 1 aromatic rings. The molecule has 4 heteroatoms. The minimum Gasteiger partial charge on any atom is -0.496 e. The summed E-state index contributed by atoms with van der Waals surface area (Å²) in [6, 6.07) is 6.19. The molecule has 19 heavy (non-hydrogen) atoms. The van der Waals surface area contributed by atoms with Gasteiger partial charge in [-0.2, -0.15) is 0 Å². The zero-order chi connectivity index (χ0) is 13.8. The van der Waals surface area contributed by atoms with Gasteiger partial charge in [0.05, 0.1) is 20.1 Å². The van der Waals surface area contributed by atoms with Crippen LogP contribution in [0.4, 0.5) is 0 Å². The molecule has 0 N–H and O–H groups in total. The Labute approximate surface area is 114 Å². The monoisotopic (exact) mass is 263 g/mol. The normalized spacial score (nSPS) is 19.4. The van der Waals surface area contributed by atoms with Crippen LogP contribution < -0.4 is 4.74 Å². The number of aryl methyl sites for hydroxylation is 1. The first kappa shape index (κ1) is 13.9. The zero-order valence-corrected chi connectivity index (χ0v) is 11.8. The molecule has 0 aliphatic carbocycles. The molecular weight excluding hydrogens is 242 g/mol. The summed E-state index contributed by atoms with van der Waals surface area (Å²) in [5, 5.41) is 0. The minimum atomic E-state index is -0.0984. The third kappa shape index (κ3) is 3.26. The summed E-state index contributed by atoms with van der Waals surface area (Å²) >= 11 is 0. The minimum absolute atomic E-state index is 0.0146. The van der Waals surface area contributed by atoms with Gasteiger partial charge in [0.15, 0.2) is 0 Å². The Morgan fingerprint density at radius 3 is 2.89 bits per heavy atom. The van der Waals surface area contributed by atoms with Crippen LogP contribution in [0, 0.1) is 12.8 Å². The maximum absolute atomic E-state index is 11.5. The van der Waals surface area contributed by atoms with Crippen molar-refractivity contribution in [3.8, 4) is 5.75 Å². The van der Waals surface area contributed by atoms with Crippen molar-refractivity contribution in [3.63, 3.8) is 0 Å². The molecule has 1 aromatic carbocycles. The maximum Gasteiger partial charge on any atom is 0.310 e. The van der Waals surface area contributed by atoms with Gasteiger partial charge in [-0.05, 0) is 26.0 Å². The predicted octanol–water partition coefficient (Wildman–Crippen LogP) is 2.00. The number of hydrogen-bond acceptors (Lipinski definition) is 4. The molecule has 1 aliphatic heterocycles. The molecule has 1 atom stereocenters. The number of benzene rings is 1. The van der Waals surface area contributed by atoms with E-state index >= 15 is 0 Å². The highest BCUT2D eigenvalue weighted by Gasteiger charge is 2.29. The van der Waals surface area contributed by atoms with Crippen molar-refractivity contribution in [1.82, 2.24) is 4.90 Å². The third-order valence-electron chi connectivity index (χ3n) is 3.64. The number of rotatable bonds is 4. The number of likely N-dealkylation sites (tertiary alicyclic amines) is 1. The number of nitrogens with zero attached hydrogens (tertiary/aromatic N) is 1. The van der Waals surface area contributed by atoms with Gasteiger partial charge < -0.3 is 9.47 Å². The first-order valence-corrected chi connectivity index (χ1v) is 6.57. The Morgan fingerprint density at radius 2 is 2.21 bits per heavy atom. The lowest BCUT2D eigenvalue weighted by Gasteiger charge is -2.18. The number of carbonyl (C=O) groups is 1. The average molecular weight is 263 g/mol.